The number of rotatable bonds is 56. The van der Waals surface area contributed by atoms with Gasteiger partial charge in [-0.15, -0.1) is 0 Å². The van der Waals surface area contributed by atoms with Crippen LogP contribution < -0.4 is 10.6 Å². The van der Waals surface area contributed by atoms with Crippen LogP contribution in [-0.4, -0.2) is 203 Å². The van der Waals surface area contributed by atoms with Crippen molar-refractivity contribution in [3.8, 4) is 0 Å². The molecule has 0 saturated carbocycles. The van der Waals surface area contributed by atoms with E-state index in [0.29, 0.717) is 182 Å². The maximum absolute atomic E-state index is 12.1. The first-order valence-corrected chi connectivity index (χ1v) is 32.1. The zero-order valence-electron chi connectivity index (χ0n) is 57.0. The van der Waals surface area contributed by atoms with Crippen LogP contribution in [0.2, 0.25) is 0 Å². The summed E-state index contributed by atoms with van der Waals surface area (Å²) in [5.41, 5.74) is 0. The molecule has 2 N–H and O–H groups in total. The molecule has 536 valence electrons. The standard InChI is InChI=1S/C21H31N3O4.C21H30N2O4.C17H25NO3.C15H22N2O3.CH4/c1-5-18(25)12-9-10-14-23(20(27)7-3)16-17-24(21(28)8-4)15-11-13-22-19(26)6-2;1-5-18(24)12-9-14-22(20(26)7-3)16-11-17-23(21(27)8-4)15-10-13-19(25)6-2;1-4-15(19)11-7-9-13-18(17(21)6-3)14-10-8-12-16(20)5-2;1-4-13(18)9-7-8-11-17(15(20)6-3)12-10-16-14(19)5-2;/h5-8H,1-4,9-17H2,(H,22,26);5-8H,1-4,9-17H2;4-6H,1-3,7-14H2;4-6H,1-3,7-12H2,(H,16,19);1H4. The predicted molar refractivity (Wildman–Crippen MR) is 388 cm³/mol. The van der Waals surface area contributed by atoms with E-state index in [1.54, 1.807) is 29.4 Å². The van der Waals surface area contributed by atoms with Gasteiger partial charge in [0, 0.05) is 130 Å². The SMILES string of the molecule is C.C=CC(=O)CCCCN(CCCCC(=O)C=C)C(=O)C=C.C=CC(=O)CCCCN(CCN(CCCNC(=O)C=C)C(=O)C=C)C(=O)C=C.C=CC(=O)CCCCN(CCNC(=O)C=C)C(=O)C=C.C=CC(=O)CCCN(CCCN(CCCC(=O)C=C)C(=O)C=C)C(=O)C=C. The topological polar surface area (TPSA) is 282 Å². The summed E-state index contributed by atoms with van der Waals surface area (Å²) in [4.78, 5) is 170. The number of amides is 8. The Balaban J connectivity index is -0.000000390. The fourth-order valence-corrected chi connectivity index (χ4v) is 8.31. The van der Waals surface area contributed by atoms with Crippen molar-refractivity contribution < 1.29 is 67.1 Å². The molecule has 0 aromatic carbocycles. The average molecular weight is 1350 g/mol. The fourth-order valence-electron chi connectivity index (χ4n) is 8.31. The van der Waals surface area contributed by atoms with Gasteiger partial charge in [-0.1, -0.05) is 99.5 Å². The minimum Gasteiger partial charge on any atom is -0.353 e. The molecule has 0 spiro atoms. The maximum atomic E-state index is 12.1. The average Bonchev–Trinajstić information content (AvgIpc) is 2.73. The van der Waals surface area contributed by atoms with Crippen LogP contribution in [0.5, 0.6) is 0 Å². The van der Waals surface area contributed by atoms with E-state index < -0.39 is 0 Å². The lowest BCUT2D eigenvalue weighted by atomic mass is 10.1. The lowest BCUT2D eigenvalue weighted by Gasteiger charge is -2.27. The summed E-state index contributed by atoms with van der Waals surface area (Å²) in [7, 11) is 0. The third-order valence-electron chi connectivity index (χ3n) is 13.8. The van der Waals surface area contributed by atoms with Gasteiger partial charge in [-0.05, 0) is 162 Å². The molecule has 0 aromatic heterocycles. The Morgan fingerprint density at radius 1 is 0.206 bits per heavy atom. The summed E-state index contributed by atoms with van der Waals surface area (Å²) < 4.78 is 0. The van der Waals surface area contributed by atoms with Crippen molar-refractivity contribution in [3.05, 3.63) is 177 Å². The first-order chi connectivity index (χ1) is 45.9. The number of nitrogens with one attached hydrogen (secondary N) is 2. The lowest BCUT2D eigenvalue weighted by Crippen LogP contribution is -2.41. The van der Waals surface area contributed by atoms with Crippen LogP contribution in [0.3, 0.4) is 0 Å². The summed E-state index contributed by atoms with van der Waals surface area (Å²) in [6.45, 7) is 54.5. The molecule has 0 aromatic rings. The predicted octanol–water partition coefficient (Wildman–Crippen LogP) is 8.83. The number of hydrogen-bond donors (Lipinski definition) is 2. The number of carbonyl (C=O) groups is 14. The number of carbonyl (C=O) groups excluding carboxylic acids is 14. The van der Waals surface area contributed by atoms with Crippen LogP contribution >= 0.6 is 0 Å². The molecule has 0 aliphatic carbocycles. The number of ketones is 6. The summed E-state index contributed by atoms with van der Waals surface area (Å²) >= 11 is 0. The first kappa shape index (κ1) is 95.8. The summed E-state index contributed by atoms with van der Waals surface area (Å²) in [5, 5.41) is 5.26. The van der Waals surface area contributed by atoms with Crippen molar-refractivity contribution in [1.29, 1.82) is 0 Å². The monoisotopic (exact) mass is 1350 g/mol. The van der Waals surface area contributed by atoms with Crippen LogP contribution in [0, 0.1) is 0 Å². The van der Waals surface area contributed by atoms with Gasteiger partial charge in [-0.25, -0.2) is 0 Å². The highest BCUT2D eigenvalue weighted by molar-refractivity contribution is 5.93. The molecule has 0 saturated heterocycles. The molecule has 0 rings (SSSR count). The van der Waals surface area contributed by atoms with Gasteiger partial charge in [-0.2, -0.15) is 0 Å². The maximum Gasteiger partial charge on any atom is 0.246 e. The molecular formula is C75H112N8O14. The second-order valence-electron chi connectivity index (χ2n) is 20.9. The largest absolute Gasteiger partial charge is 0.353 e. The number of nitrogens with zero attached hydrogens (tertiary/aromatic N) is 6. The smallest absolute Gasteiger partial charge is 0.246 e. The van der Waals surface area contributed by atoms with Crippen LogP contribution in [-0.2, 0) is 67.1 Å². The van der Waals surface area contributed by atoms with Crippen molar-refractivity contribution in [2.75, 3.05) is 91.6 Å². The number of allylic oxidation sites excluding steroid dienone is 6. The van der Waals surface area contributed by atoms with Crippen molar-refractivity contribution in [3.63, 3.8) is 0 Å². The van der Waals surface area contributed by atoms with E-state index in [9.17, 15) is 67.1 Å². The molecule has 0 aliphatic rings. The molecule has 0 fully saturated rings. The molecule has 22 heteroatoms. The molecule has 0 atom stereocenters. The summed E-state index contributed by atoms with van der Waals surface area (Å²) in [6, 6.07) is 0. The Morgan fingerprint density at radius 2 is 0.402 bits per heavy atom. The van der Waals surface area contributed by atoms with E-state index in [4.69, 9.17) is 0 Å². The Hall–Kier alpha value is -9.86. The fraction of sp³-hybridized carbons (Fsp3) is 0.440. The normalized spacial score (nSPS) is 9.57. The molecule has 22 nitrogen and oxygen atoms in total. The minimum absolute atomic E-state index is 0. The second-order valence-corrected chi connectivity index (χ2v) is 20.9. The van der Waals surface area contributed by atoms with E-state index in [0.717, 1.165) is 25.7 Å². The molecule has 0 heterocycles. The van der Waals surface area contributed by atoms with E-state index in [1.165, 1.54) is 85.1 Å². The highest BCUT2D eigenvalue weighted by Crippen LogP contribution is 2.09. The Labute approximate surface area is 578 Å². The van der Waals surface area contributed by atoms with Crippen molar-refractivity contribution in [2.45, 2.75) is 123 Å². The molecule has 0 unspecified atom stereocenters. The molecule has 97 heavy (non-hydrogen) atoms. The summed E-state index contributed by atoms with van der Waals surface area (Å²) in [5.74, 6) is -1.79. The molecule has 0 bridgehead atoms. The summed E-state index contributed by atoms with van der Waals surface area (Å²) in [6.07, 6.45) is 28.1. The number of unbranched alkanes of at least 4 members (excludes halogenated alkanes) is 4. The third-order valence-corrected chi connectivity index (χ3v) is 13.8. The molecule has 8 amide bonds. The van der Waals surface area contributed by atoms with Gasteiger partial charge in [0.2, 0.25) is 47.3 Å². The van der Waals surface area contributed by atoms with Crippen LogP contribution in [0.1, 0.15) is 123 Å². The van der Waals surface area contributed by atoms with Gasteiger partial charge in [0.05, 0.1) is 0 Å². The molecular weight excluding hydrogens is 1240 g/mol. The van der Waals surface area contributed by atoms with Gasteiger partial charge in [0.1, 0.15) is 0 Å². The van der Waals surface area contributed by atoms with Crippen LogP contribution in [0.25, 0.3) is 0 Å². The quantitative estimate of drug-likeness (QED) is 0.0425. The Kier molecular flexibility index (Phi) is 64.1. The van der Waals surface area contributed by atoms with Gasteiger partial charge < -0.3 is 40.0 Å². The molecule has 0 radical (unpaired) electrons. The zero-order chi connectivity index (χ0) is 73.5. The highest BCUT2D eigenvalue weighted by Gasteiger charge is 2.18. The van der Waals surface area contributed by atoms with Gasteiger partial charge in [0.15, 0.2) is 34.7 Å². The molecule has 0 aliphatic heterocycles. The first-order valence-electron chi connectivity index (χ1n) is 32.1. The van der Waals surface area contributed by atoms with E-state index >= 15 is 0 Å². The van der Waals surface area contributed by atoms with Crippen LogP contribution in [0.4, 0.5) is 0 Å². The van der Waals surface area contributed by atoms with Gasteiger partial charge in [-0.3, -0.25) is 67.1 Å². The van der Waals surface area contributed by atoms with Crippen molar-refractivity contribution in [2.24, 2.45) is 0 Å². The number of hydrogen-bond acceptors (Lipinski definition) is 14. The highest BCUT2D eigenvalue weighted by atomic mass is 16.2. The minimum atomic E-state index is -0.271. The Bertz CT molecular complexity index is 2540. The van der Waals surface area contributed by atoms with E-state index in [2.05, 4.69) is 103 Å². The second kappa shape index (κ2) is 64.8. The van der Waals surface area contributed by atoms with E-state index in [1.807, 2.05) is 0 Å². The van der Waals surface area contributed by atoms with Gasteiger partial charge >= 0.3 is 0 Å². The third kappa shape index (κ3) is 54.1. The zero-order valence-corrected chi connectivity index (χ0v) is 57.0. The van der Waals surface area contributed by atoms with Crippen molar-refractivity contribution in [1.82, 2.24) is 40.0 Å². The van der Waals surface area contributed by atoms with Crippen molar-refractivity contribution >= 4 is 82.0 Å². The van der Waals surface area contributed by atoms with Crippen LogP contribution in [0.15, 0.2) is 177 Å². The van der Waals surface area contributed by atoms with E-state index in [-0.39, 0.29) is 89.4 Å². The van der Waals surface area contributed by atoms with Gasteiger partial charge in [0.25, 0.3) is 0 Å². The lowest BCUT2D eigenvalue weighted by molar-refractivity contribution is -0.130. The Morgan fingerprint density at radius 3 is 0.639 bits per heavy atom.